The molecule has 0 spiro atoms. The van der Waals surface area contributed by atoms with Gasteiger partial charge in [0.15, 0.2) is 5.65 Å². The predicted molar refractivity (Wildman–Crippen MR) is 110 cm³/mol. The second-order valence-electron chi connectivity index (χ2n) is 7.29. The average molecular weight is 344 g/mol. The Morgan fingerprint density at radius 1 is 0.885 bits per heavy atom. The van der Waals surface area contributed by atoms with Crippen LogP contribution in [0.4, 0.5) is 5.82 Å². The van der Waals surface area contributed by atoms with Gasteiger partial charge < -0.3 is 4.90 Å². The minimum Gasteiger partial charge on any atom is -0.362 e. The maximum absolute atomic E-state index is 4.86. The highest BCUT2D eigenvalue weighted by molar-refractivity contribution is 6.13. The Morgan fingerprint density at radius 2 is 1.54 bits per heavy atom. The molecule has 0 aliphatic rings. The fraction of sp³-hybridized carbons (Fsp3) is 0.273. The van der Waals surface area contributed by atoms with Gasteiger partial charge in [0.05, 0.1) is 16.6 Å². The number of fused-ring (bicyclic) bond motifs is 3. The topological polar surface area (TPSA) is 34.0 Å². The van der Waals surface area contributed by atoms with Gasteiger partial charge >= 0.3 is 0 Å². The fourth-order valence-corrected chi connectivity index (χ4v) is 4.02. The van der Waals surface area contributed by atoms with Crippen LogP contribution in [0.3, 0.4) is 0 Å². The Hall–Kier alpha value is -2.88. The molecule has 0 N–H and O–H groups in total. The molecule has 0 atom stereocenters. The number of nitrogens with zero attached hydrogens (tertiary/aromatic N) is 4. The molecule has 4 aromatic rings. The van der Waals surface area contributed by atoms with Crippen molar-refractivity contribution in [3.05, 3.63) is 58.9 Å². The highest BCUT2D eigenvalue weighted by Crippen LogP contribution is 2.37. The first kappa shape index (κ1) is 16.6. The summed E-state index contributed by atoms with van der Waals surface area (Å²) >= 11 is 0. The van der Waals surface area contributed by atoms with Gasteiger partial charge in [0, 0.05) is 19.5 Å². The van der Waals surface area contributed by atoms with Crippen LogP contribution < -0.4 is 4.90 Å². The van der Waals surface area contributed by atoms with E-state index in [-0.39, 0.29) is 0 Å². The molecule has 0 unspecified atom stereocenters. The molecule has 2 aromatic carbocycles. The van der Waals surface area contributed by atoms with E-state index in [4.69, 9.17) is 9.97 Å². The number of para-hydroxylation sites is 1. The Balaban J connectivity index is 2.26. The highest BCUT2D eigenvalue weighted by atomic mass is 15.2. The van der Waals surface area contributed by atoms with Gasteiger partial charge in [0.1, 0.15) is 11.6 Å². The van der Waals surface area contributed by atoms with Crippen molar-refractivity contribution in [3.8, 4) is 5.69 Å². The number of aromatic nitrogens is 3. The summed E-state index contributed by atoms with van der Waals surface area (Å²) in [6, 6.07) is 13.0. The van der Waals surface area contributed by atoms with E-state index in [9.17, 15) is 0 Å². The van der Waals surface area contributed by atoms with Gasteiger partial charge in [-0.15, -0.1) is 0 Å². The molecule has 0 radical (unpaired) electrons. The Labute approximate surface area is 154 Å². The average Bonchev–Trinajstić information content (AvgIpc) is 2.88. The Morgan fingerprint density at radius 3 is 2.19 bits per heavy atom. The molecule has 4 rings (SSSR count). The monoisotopic (exact) mass is 344 g/mol. The van der Waals surface area contributed by atoms with Crippen LogP contribution in [0.1, 0.15) is 22.5 Å². The first-order chi connectivity index (χ1) is 12.4. The summed E-state index contributed by atoms with van der Waals surface area (Å²) in [4.78, 5) is 11.7. The standard InChI is InChI=1S/C22H24N4/c1-13-11-14(2)20(15(3)12-13)26-18-10-8-7-9-17(18)19-21(25(5)6)23-16(4)24-22(19)26/h7-12H,1-6H3. The molecule has 4 heteroatoms. The lowest BCUT2D eigenvalue weighted by molar-refractivity contribution is 0.994. The number of hydrogen-bond donors (Lipinski definition) is 0. The largest absolute Gasteiger partial charge is 0.362 e. The smallest absolute Gasteiger partial charge is 0.151 e. The van der Waals surface area contributed by atoms with Gasteiger partial charge in [-0.25, -0.2) is 9.97 Å². The summed E-state index contributed by atoms with van der Waals surface area (Å²) in [5.74, 6) is 1.75. The van der Waals surface area contributed by atoms with Crippen molar-refractivity contribution >= 4 is 27.8 Å². The second kappa shape index (κ2) is 5.84. The Bertz CT molecular complexity index is 1130. The lowest BCUT2D eigenvalue weighted by atomic mass is 10.0. The van der Waals surface area contributed by atoms with Crippen molar-refractivity contribution in [1.82, 2.24) is 14.5 Å². The molecule has 0 aliphatic heterocycles. The van der Waals surface area contributed by atoms with Crippen molar-refractivity contribution in [3.63, 3.8) is 0 Å². The molecule has 0 fully saturated rings. The van der Waals surface area contributed by atoms with Crippen LogP contribution in [-0.4, -0.2) is 28.6 Å². The lowest BCUT2D eigenvalue weighted by Gasteiger charge is -2.16. The van der Waals surface area contributed by atoms with Crippen molar-refractivity contribution in [2.75, 3.05) is 19.0 Å². The highest BCUT2D eigenvalue weighted by Gasteiger charge is 2.20. The molecule has 0 saturated heterocycles. The Kier molecular flexibility index (Phi) is 3.72. The van der Waals surface area contributed by atoms with E-state index in [0.29, 0.717) is 0 Å². The lowest BCUT2D eigenvalue weighted by Crippen LogP contribution is -2.12. The third-order valence-electron chi connectivity index (χ3n) is 4.89. The summed E-state index contributed by atoms with van der Waals surface area (Å²) in [5.41, 5.74) is 7.15. The van der Waals surface area contributed by atoms with Gasteiger partial charge in [-0.2, -0.15) is 0 Å². The molecule has 2 aromatic heterocycles. The van der Waals surface area contributed by atoms with E-state index in [0.717, 1.165) is 22.7 Å². The zero-order chi connectivity index (χ0) is 18.6. The van der Waals surface area contributed by atoms with Crippen LogP contribution in [0.15, 0.2) is 36.4 Å². The van der Waals surface area contributed by atoms with Crippen LogP contribution >= 0.6 is 0 Å². The van der Waals surface area contributed by atoms with E-state index in [1.54, 1.807) is 0 Å². The SMILES string of the molecule is Cc1cc(C)c(-n2c3ccccc3c3c(N(C)C)nc(C)nc32)c(C)c1. The number of anilines is 1. The summed E-state index contributed by atoms with van der Waals surface area (Å²) < 4.78 is 2.30. The number of rotatable bonds is 2. The van der Waals surface area contributed by atoms with Crippen LogP contribution in [-0.2, 0) is 0 Å². The summed E-state index contributed by atoms with van der Waals surface area (Å²) in [7, 11) is 4.07. The zero-order valence-electron chi connectivity index (χ0n) is 16.3. The molecule has 0 amide bonds. The molecule has 2 heterocycles. The van der Waals surface area contributed by atoms with Crippen molar-refractivity contribution < 1.29 is 0 Å². The van der Waals surface area contributed by atoms with Crippen LogP contribution in [0.25, 0.3) is 27.6 Å². The van der Waals surface area contributed by atoms with E-state index in [1.165, 1.54) is 33.3 Å². The maximum atomic E-state index is 4.86. The van der Waals surface area contributed by atoms with Gasteiger partial charge in [0.2, 0.25) is 0 Å². The van der Waals surface area contributed by atoms with E-state index in [1.807, 2.05) is 21.0 Å². The van der Waals surface area contributed by atoms with Crippen molar-refractivity contribution in [2.45, 2.75) is 27.7 Å². The normalized spacial score (nSPS) is 11.5. The summed E-state index contributed by atoms with van der Waals surface area (Å²) in [6.07, 6.45) is 0. The van der Waals surface area contributed by atoms with Gasteiger partial charge in [-0.05, 0) is 44.9 Å². The quantitative estimate of drug-likeness (QED) is 0.520. The zero-order valence-corrected chi connectivity index (χ0v) is 16.3. The number of aryl methyl sites for hydroxylation is 4. The molecular formula is C22H24N4. The number of hydrogen-bond acceptors (Lipinski definition) is 3. The van der Waals surface area contributed by atoms with Gasteiger partial charge in [-0.3, -0.25) is 4.57 Å². The maximum Gasteiger partial charge on any atom is 0.151 e. The molecule has 0 aliphatic carbocycles. The molecule has 0 saturated carbocycles. The third kappa shape index (κ3) is 2.37. The second-order valence-corrected chi connectivity index (χ2v) is 7.29. The number of benzene rings is 2. The van der Waals surface area contributed by atoms with Crippen LogP contribution in [0, 0.1) is 27.7 Å². The molecule has 0 bridgehead atoms. The molecule has 132 valence electrons. The van der Waals surface area contributed by atoms with E-state index < -0.39 is 0 Å². The first-order valence-corrected chi connectivity index (χ1v) is 8.92. The predicted octanol–water partition coefficient (Wildman–Crippen LogP) is 4.87. The van der Waals surface area contributed by atoms with Gasteiger partial charge in [-0.1, -0.05) is 35.9 Å². The molecular weight excluding hydrogens is 320 g/mol. The molecule has 26 heavy (non-hydrogen) atoms. The van der Waals surface area contributed by atoms with Crippen molar-refractivity contribution in [2.24, 2.45) is 0 Å². The van der Waals surface area contributed by atoms with Gasteiger partial charge in [0.25, 0.3) is 0 Å². The van der Waals surface area contributed by atoms with Crippen molar-refractivity contribution in [1.29, 1.82) is 0 Å². The van der Waals surface area contributed by atoms with E-state index >= 15 is 0 Å². The minimum atomic E-state index is 0.785. The summed E-state index contributed by atoms with van der Waals surface area (Å²) in [6.45, 7) is 8.46. The summed E-state index contributed by atoms with van der Waals surface area (Å²) in [5, 5.41) is 2.29. The van der Waals surface area contributed by atoms with E-state index in [2.05, 4.69) is 66.6 Å². The van der Waals surface area contributed by atoms with Crippen LogP contribution in [0.2, 0.25) is 0 Å². The molecule has 4 nitrogen and oxygen atoms in total. The fourth-order valence-electron chi connectivity index (χ4n) is 4.02. The minimum absolute atomic E-state index is 0.785. The van der Waals surface area contributed by atoms with Crippen LogP contribution in [0.5, 0.6) is 0 Å². The first-order valence-electron chi connectivity index (χ1n) is 8.92. The third-order valence-corrected chi connectivity index (χ3v) is 4.89.